The summed E-state index contributed by atoms with van der Waals surface area (Å²) < 4.78 is 0. The van der Waals surface area contributed by atoms with Crippen LogP contribution >= 0.6 is 0 Å². The number of nitrogens with zero attached hydrogens (tertiary/aromatic N) is 1. The molecule has 148 valence electrons. The smallest absolute Gasteiger partial charge is 0.103 e. The Balaban J connectivity index is 1.68. The van der Waals surface area contributed by atoms with Gasteiger partial charge in [0.15, 0.2) is 0 Å². The van der Waals surface area contributed by atoms with E-state index in [0.29, 0.717) is 18.4 Å². The van der Waals surface area contributed by atoms with Gasteiger partial charge in [0.1, 0.15) is 5.60 Å². The molecule has 2 nitrogen and oxygen atoms in total. The van der Waals surface area contributed by atoms with Crippen LogP contribution in [0.3, 0.4) is 0 Å². The third-order valence-corrected chi connectivity index (χ3v) is 6.03. The lowest BCUT2D eigenvalue weighted by Gasteiger charge is -2.33. The summed E-state index contributed by atoms with van der Waals surface area (Å²) in [7, 11) is 0. The Morgan fingerprint density at radius 1 is 0.964 bits per heavy atom. The topological polar surface area (TPSA) is 23.5 Å². The Bertz CT molecular complexity index is 768. The molecular weight excluding hydrogens is 342 g/mol. The van der Waals surface area contributed by atoms with Crippen molar-refractivity contribution in [3.8, 4) is 11.8 Å². The van der Waals surface area contributed by atoms with E-state index in [1.165, 1.54) is 18.4 Å². The normalized spacial score (nSPS) is 16.8. The van der Waals surface area contributed by atoms with Gasteiger partial charge in [-0.3, -0.25) is 4.90 Å². The minimum Gasteiger partial charge on any atom is -0.384 e. The maximum Gasteiger partial charge on any atom is 0.103 e. The molecule has 0 aromatic heterocycles. The van der Waals surface area contributed by atoms with E-state index in [-0.39, 0.29) is 0 Å². The van der Waals surface area contributed by atoms with Crippen molar-refractivity contribution in [1.29, 1.82) is 0 Å². The Labute approximate surface area is 170 Å². The molecular formula is C26H33NO. The largest absolute Gasteiger partial charge is 0.384 e. The Morgan fingerprint density at radius 3 is 2.18 bits per heavy atom. The van der Waals surface area contributed by atoms with Crippen molar-refractivity contribution in [2.75, 3.05) is 6.54 Å². The van der Waals surface area contributed by atoms with Gasteiger partial charge < -0.3 is 5.11 Å². The quantitative estimate of drug-likeness (QED) is 0.658. The van der Waals surface area contributed by atoms with Gasteiger partial charge in [-0.25, -0.2) is 0 Å². The number of benzene rings is 2. The van der Waals surface area contributed by atoms with E-state index in [4.69, 9.17) is 0 Å². The van der Waals surface area contributed by atoms with Crippen LogP contribution in [0.5, 0.6) is 0 Å². The molecule has 2 heteroatoms. The van der Waals surface area contributed by atoms with Gasteiger partial charge in [-0.05, 0) is 43.7 Å². The monoisotopic (exact) mass is 375 g/mol. The zero-order valence-corrected chi connectivity index (χ0v) is 17.3. The molecule has 0 amide bonds. The molecule has 1 aliphatic carbocycles. The lowest BCUT2D eigenvalue weighted by Crippen LogP contribution is -2.33. The lowest BCUT2D eigenvalue weighted by atomic mass is 9.78. The fourth-order valence-corrected chi connectivity index (χ4v) is 4.21. The number of hydrogen-bond donors (Lipinski definition) is 1. The summed E-state index contributed by atoms with van der Waals surface area (Å²) in [6.07, 6.45) is 5.13. The minimum absolute atomic E-state index is 0.315. The summed E-state index contributed by atoms with van der Waals surface area (Å²) in [5.74, 6) is 7.00. The van der Waals surface area contributed by atoms with Crippen LogP contribution in [0.4, 0.5) is 0 Å². The predicted octanol–water partition coefficient (Wildman–Crippen LogP) is 5.37. The molecule has 1 fully saturated rings. The lowest BCUT2D eigenvalue weighted by molar-refractivity contribution is -0.0173. The average molecular weight is 376 g/mol. The van der Waals surface area contributed by atoms with Gasteiger partial charge in [0.2, 0.25) is 0 Å². The van der Waals surface area contributed by atoms with Gasteiger partial charge in [0.05, 0.1) is 6.54 Å². The summed E-state index contributed by atoms with van der Waals surface area (Å²) >= 11 is 0. The summed E-state index contributed by atoms with van der Waals surface area (Å²) in [6.45, 7) is 6.05. The summed E-state index contributed by atoms with van der Waals surface area (Å²) in [6, 6.07) is 21.1. The average Bonchev–Trinajstić information content (AvgIpc) is 3.27. The van der Waals surface area contributed by atoms with Crippen LogP contribution in [0.1, 0.15) is 57.1 Å². The molecule has 0 unspecified atom stereocenters. The summed E-state index contributed by atoms with van der Waals surface area (Å²) in [5, 5.41) is 11.6. The van der Waals surface area contributed by atoms with E-state index < -0.39 is 5.60 Å². The standard InChI is InChI=1S/C26H33NO/c1-22(2)27(21-23-13-5-3-6-14-23)20-12-11-19-26(28,25-17-9-10-18-25)24-15-7-4-8-16-24/h3-8,13-16,22,25,28H,9-10,17-21H2,1-2H3/t26-/m1/s1. The second-order valence-electron chi connectivity index (χ2n) is 8.29. The van der Waals surface area contributed by atoms with E-state index in [2.05, 4.69) is 73.1 Å². The first-order valence-electron chi connectivity index (χ1n) is 10.6. The zero-order chi connectivity index (χ0) is 19.8. The van der Waals surface area contributed by atoms with Crippen LogP contribution in [-0.2, 0) is 12.1 Å². The molecule has 1 atom stereocenters. The molecule has 0 radical (unpaired) electrons. The van der Waals surface area contributed by atoms with Crippen molar-refractivity contribution in [3.63, 3.8) is 0 Å². The van der Waals surface area contributed by atoms with Crippen molar-refractivity contribution in [2.24, 2.45) is 5.92 Å². The Hall–Kier alpha value is -2.08. The zero-order valence-electron chi connectivity index (χ0n) is 17.3. The van der Waals surface area contributed by atoms with E-state index in [9.17, 15) is 5.11 Å². The second kappa shape index (κ2) is 9.92. The van der Waals surface area contributed by atoms with Gasteiger partial charge in [-0.1, -0.05) is 85.3 Å². The molecule has 28 heavy (non-hydrogen) atoms. The second-order valence-corrected chi connectivity index (χ2v) is 8.29. The molecule has 1 aliphatic rings. The number of rotatable bonds is 7. The highest BCUT2D eigenvalue weighted by Crippen LogP contribution is 2.42. The maximum atomic E-state index is 11.6. The van der Waals surface area contributed by atoms with Crippen LogP contribution in [-0.4, -0.2) is 22.6 Å². The Morgan fingerprint density at radius 2 is 1.57 bits per heavy atom. The van der Waals surface area contributed by atoms with Crippen LogP contribution in [0.15, 0.2) is 60.7 Å². The van der Waals surface area contributed by atoms with Crippen molar-refractivity contribution < 1.29 is 5.11 Å². The van der Waals surface area contributed by atoms with Crippen molar-refractivity contribution in [1.82, 2.24) is 4.90 Å². The van der Waals surface area contributed by atoms with Gasteiger partial charge >= 0.3 is 0 Å². The minimum atomic E-state index is -0.827. The van der Waals surface area contributed by atoms with Crippen molar-refractivity contribution >= 4 is 0 Å². The molecule has 1 N–H and O–H groups in total. The molecule has 0 spiro atoms. The van der Waals surface area contributed by atoms with E-state index >= 15 is 0 Å². The van der Waals surface area contributed by atoms with Crippen molar-refractivity contribution in [2.45, 2.75) is 64.1 Å². The first-order valence-corrected chi connectivity index (χ1v) is 10.6. The maximum absolute atomic E-state index is 11.6. The summed E-state index contributed by atoms with van der Waals surface area (Å²) in [4.78, 5) is 2.37. The summed E-state index contributed by atoms with van der Waals surface area (Å²) in [5.41, 5.74) is 1.50. The fourth-order valence-electron chi connectivity index (χ4n) is 4.21. The van der Waals surface area contributed by atoms with E-state index in [1.54, 1.807) is 0 Å². The number of hydrogen-bond acceptors (Lipinski definition) is 2. The Kier molecular flexibility index (Phi) is 7.31. The molecule has 2 aromatic rings. The predicted molar refractivity (Wildman–Crippen MR) is 117 cm³/mol. The molecule has 2 aromatic carbocycles. The highest BCUT2D eigenvalue weighted by atomic mass is 16.3. The fraction of sp³-hybridized carbons (Fsp3) is 0.462. The van der Waals surface area contributed by atoms with Gasteiger partial charge in [-0.2, -0.15) is 0 Å². The first-order chi connectivity index (χ1) is 13.6. The first kappa shape index (κ1) is 20.6. The molecule has 0 heterocycles. The SMILES string of the molecule is CC(C)N(CC#CC[C@@](O)(c1ccccc1)C1CCCC1)Cc1ccccc1. The highest BCUT2D eigenvalue weighted by Gasteiger charge is 2.39. The van der Waals surface area contributed by atoms with Crippen LogP contribution in [0.25, 0.3) is 0 Å². The third kappa shape index (κ3) is 5.25. The molecule has 1 saturated carbocycles. The molecule has 0 aliphatic heterocycles. The molecule has 0 bridgehead atoms. The van der Waals surface area contributed by atoms with Gasteiger partial charge in [0.25, 0.3) is 0 Å². The molecule has 3 rings (SSSR count). The van der Waals surface area contributed by atoms with Crippen LogP contribution in [0, 0.1) is 17.8 Å². The van der Waals surface area contributed by atoms with Crippen molar-refractivity contribution in [3.05, 3.63) is 71.8 Å². The highest BCUT2D eigenvalue weighted by molar-refractivity contribution is 5.26. The van der Waals surface area contributed by atoms with Gasteiger partial charge in [0, 0.05) is 19.0 Å². The van der Waals surface area contributed by atoms with Gasteiger partial charge in [-0.15, -0.1) is 0 Å². The van der Waals surface area contributed by atoms with E-state index in [0.717, 1.165) is 31.5 Å². The third-order valence-electron chi connectivity index (χ3n) is 6.03. The molecule has 0 saturated heterocycles. The van der Waals surface area contributed by atoms with Crippen LogP contribution < -0.4 is 0 Å². The van der Waals surface area contributed by atoms with Crippen LogP contribution in [0.2, 0.25) is 0 Å². The number of aliphatic hydroxyl groups is 1. The van der Waals surface area contributed by atoms with E-state index in [1.807, 2.05) is 18.2 Å².